The number of benzene rings is 1. The quantitative estimate of drug-likeness (QED) is 0.149. The number of carbonyl (C=O) groups is 1. The monoisotopic (exact) mass is 440 g/mol. The summed E-state index contributed by atoms with van der Waals surface area (Å²) in [4.78, 5) is 11.5. The molecule has 1 aliphatic heterocycles. The zero-order valence-corrected chi connectivity index (χ0v) is 20.8. The van der Waals surface area contributed by atoms with Crippen LogP contribution in [-0.2, 0) is 16.0 Å². The molecule has 0 aromatic heterocycles. The molecule has 0 N–H and O–H groups in total. The highest BCUT2D eigenvalue weighted by atomic mass is 16.5. The van der Waals surface area contributed by atoms with Crippen molar-refractivity contribution in [2.45, 2.75) is 135 Å². The first-order valence-corrected chi connectivity index (χ1v) is 13.7. The Balaban J connectivity index is 1.22. The largest absolute Gasteiger partial charge is 0.455 e. The maximum atomic E-state index is 11.5. The molecule has 0 radical (unpaired) electrons. The van der Waals surface area contributed by atoms with E-state index in [4.69, 9.17) is 4.74 Å². The summed E-state index contributed by atoms with van der Waals surface area (Å²) in [7, 11) is 0. The molecule has 2 heteroatoms. The summed E-state index contributed by atoms with van der Waals surface area (Å²) in [5, 5.41) is 0. The number of hydrogen-bond acceptors (Lipinski definition) is 2. The molecule has 0 fully saturated rings. The lowest BCUT2D eigenvalue weighted by Gasteiger charge is -2.04. The van der Waals surface area contributed by atoms with Crippen LogP contribution in [0, 0.1) is 0 Å². The molecule has 180 valence electrons. The maximum absolute atomic E-state index is 11.5. The molecule has 0 spiro atoms. The van der Waals surface area contributed by atoms with E-state index >= 15 is 0 Å². The van der Waals surface area contributed by atoms with Crippen molar-refractivity contribution in [3.05, 3.63) is 47.5 Å². The molecule has 1 aliphatic rings. The molecule has 1 heterocycles. The molecule has 0 saturated carbocycles. The average Bonchev–Trinajstić information content (AvgIpc) is 3.12. The Hall–Kier alpha value is -1.57. The summed E-state index contributed by atoms with van der Waals surface area (Å²) in [5.74, 6) is -0.0907. The number of hydrogen-bond donors (Lipinski definition) is 0. The predicted octanol–water partition coefficient (Wildman–Crippen LogP) is 9.12. The zero-order valence-electron chi connectivity index (χ0n) is 20.8. The number of esters is 1. The summed E-state index contributed by atoms with van der Waals surface area (Å²) in [6.45, 7) is 1.93. The van der Waals surface area contributed by atoms with Crippen LogP contribution in [0.15, 0.2) is 42.0 Å². The first kappa shape index (κ1) is 26.7. The minimum atomic E-state index is -0.0907. The lowest BCUT2D eigenvalue weighted by Crippen LogP contribution is -2.03. The van der Waals surface area contributed by atoms with E-state index in [9.17, 15) is 4.79 Å². The second kappa shape index (κ2) is 17.9. The fraction of sp³-hybridized carbons (Fsp3) is 0.700. The number of carbonyl (C=O) groups excluding carboxylic acids is 1. The van der Waals surface area contributed by atoms with Crippen LogP contribution in [0.3, 0.4) is 0 Å². The van der Waals surface area contributed by atoms with Crippen molar-refractivity contribution in [2.75, 3.05) is 0 Å². The van der Waals surface area contributed by atoms with Gasteiger partial charge in [-0.05, 0) is 44.2 Å². The van der Waals surface area contributed by atoms with Gasteiger partial charge in [-0.25, -0.2) is 4.79 Å². The molecular formula is C30H48O2. The van der Waals surface area contributed by atoms with Gasteiger partial charge in [0.15, 0.2) is 0 Å². The molecule has 0 saturated heterocycles. The summed E-state index contributed by atoms with van der Waals surface area (Å²) < 4.78 is 5.14. The molecule has 2 rings (SSSR count). The van der Waals surface area contributed by atoms with E-state index in [1.54, 1.807) is 0 Å². The second-order valence-electron chi connectivity index (χ2n) is 9.80. The molecule has 1 aromatic rings. The number of rotatable bonds is 20. The predicted molar refractivity (Wildman–Crippen MR) is 137 cm³/mol. The first-order valence-electron chi connectivity index (χ1n) is 13.7. The summed E-state index contributed by atoms with van der Waals surface area (Å²) in [6.07, 6.45) is 27.5. The van der Waals surface area contributed by atoms with Gasteiger partial charge in [-0.15, -0.1) is 0 Å². The maximum Gasteiger partial charge on any atom is 0.334 e. The van der Waals surface area contributed by atoms with Crippen LogP contribution in [0.2, 0.25) is 0 Å². The molecular weight excluding hydrogens is 392 g/mol. The molecule has 1 aromatic carbocycles. The van der Waals surface area contributed by atoms with E-state index in [0.29, 0.717) is 0 Å². The van der Waals surface area contributed by atoms with E-state index in [0.717, 1.165) is 18.4 Å². The third-order valence-corrected chi connectivity index (χ3v) is 6.75. The van der Waals surface area contributed by atoms with E-state index in [1.807, 2.05) is 13.0 Å². The van der Waals surface area contributed by atoms with Gasteiger partial charge in [-0.2, -0.15) is 0 Å². The standard InChI is InChI=1S/C30H48O2/c1-27-26-29(30(31)32-27)25-21-16-14-12-10-8-6-4-2-3-5-7-9-11-13-15-18-22-28-23-19-17-20-24-28/h17,19-20,23-24,26-27H,2-16,18,21-22,25H2,1H3/t27-/m0/s1. The van der Waals surface area contributed by atoms with Crippen LogP contribution in [0.5, 0.6) is 0 Å². The Labute approximate surface area is 198 Å². The fourth-order valence-electron chi connectivity index (χ4n) is 4.76. The summed E-state index contributed by atoms with van der Waals surface area (Å²) in [6, 6.07) is 10.9. The Morgan fingerprint density at radius 1 is 0.594 bits per heavy atom. The molecule has 1 atom stereocenters. The SMILES string of the molecule is C[C@H]1C=C(CCCCCCCCCCCCCCCCCCCc2ccccc2)C(=O)O1. The van der Waals surface area contributed by atoms with Gasteiger partial charge in [0.05, 0.1) is 0 Å². The Bertz CT molecular complexity index is 619. The third kappa shape index (κ3) is 13.1. The second-order valence-corrected chi connectivity index (χ2v) is 9.80. The van der Waals surface area contributed by atoms with E-state index in [-0.39, 0.29) is 12.1 Å². The van der Waals surface area contributed by atoms with Gasteiger partial charge in [-0.3, -0.25) is 0 Å². The number of cyclic esters (lactones) is 1. The summed E-state index contributed by atoms with van der Waals surface area (Å²) in [5.41, 5.74) is 2.39. The third-order valence-electron chi connectivity index (χ3n) is 6.75. The van der Waals surface area contributed by atoms with Gasteiger partial charge in [0.25, 0.3) is 0 Å². The highest BCUT2D eigenvalue weighted by Crippen LogP contribution is 2.20. The van der Waals surface area contributed by atoms with Gasteiger partial charge in [-0.1, -0.05) is 127 Å². The van der Waals surface area contributed by atoms with Crippen LogP contribution < -0.4 is 0 Å². The van der Waals surface area contributed by atoms with Gasteiger partial charge in [0, 0.05) is 5.57 Å². The lowest BCUT2D eigenvalue weighted by molar-refractivity contribution is -0.139. The van der Waals surface area contributed by atoms with Crippen molar-refractivity contribution < 1.29 is 9.53 Å². The van der Waals surface area contributed by atoms with Gasteiger partial charge in [0.2, 0.25) is 0 Å². The van der Waals surface area contributed by atoms with Crippen LogP contribution in [0.25, 0.3) is 0 Å². The van der Waals surface area contributed by atoms with Crippen LogP contribution in [0.4, 0.5) is 0 Å². The van der Waals surface area contributed by atoms with Gasteiger partial charge >= 0.3 is 5.97 Å². The number of unbranched alkanes of at least 4 members (excludes halogenated alkanes) is 16. The van der Waals surface area contributed by atoms with Crippen molar-refractivity contribution in [2.24, 2.45) is 0 Å². The minimum absolute atomic E-state index is 0.0159. The molecule has 32 heavy (non-hydrogen) atoms. The number of ether oxygens (including phenoxy) is 1. The van der Waals surface area contributed by atoms with Gasteiger partial charge in [0.1, 0.15) is 6.10 Å². The topological polar surface area (TPSA) is 26.3 Å². The fourth-order valence-corrected chi connectivity index (χ4v) is 4.76. The van der Waals surface area contributed by atoms with Crippen molar-refractivity contribution in [1.82, 2.24) is 0 Å². The smallest absolute Gasteiger partial charge is 0.334 e. The van der Waals surface area contributed by atoms with Crippen molar-refractivity contribution in [1.29, 1.82) is 0 Å². The minimum Gasteiger partial charge on any atom is -0.455 e. The lowest BCUT2D eigenvalue weighted by atomic mass is 10.0. The Morgan fingerprint density at radius 2 is 1.00 bits per heavy atom. The van der Waals surface area contributed by atoms with Crippen LogP contribution in [0.1, 0.15) is 128 Å². The molecule has 0 amide bonds. The molecule has 0 bridgehead atoms. The summed E-state index contributed by atoms with van der Waals surface area (Å²) >= 11 is 0. The van der Waals surface area contributed by atoms with Crippen molar-refractivity contribution in [3.63, 3.8) is 0 Å². The molecule has 0 unspecified atom stereocenters. The molecule has 0 aliphatic carbocycles. The normalized spacial score (nSPS) is 15.7. The van der Waals surface area contributed by atoms with Crippen LogP contribution >= 0.6 is 0 Å². The van der Waals surface area contributed by atoms with Crippen molar-refractivity contribution in [3.8, 4) is 0 Å². The van der Waals surface area contributed by atoms with Gasteiger partial charge < -0.3 is 4.74 Å². The van der Waals surface area contributed by atoms with E-state index < -0.39 is 0 Å². The Kier molecular flexibility index (Phi) is 14.9. The average molecular weight is 441 g/mol. The molecule has 2 nitrogen and oxygen atoms in total. The number of aryl methyl sites for hydroxylation is 1. The highest BCUT2D eigenvalue weighted by Gasteiger charge is 2.21. The Morgan fingerprint density at radius 3 is 1.41 bits per heavy atom. The van der Waals surface area contributed by atoms with E-state index in [1.165, 1.54) is 115 Å². The van der Waals surface area contributed by atoms with Crippen molar-refractivity contribution >= 4 is 5.97 Å². The van der Waals surface area contributed by atoms with Crippen LogP contribution in [-0.4, -0.2) is 12.1 Å². The van der Waals surface area contributed by atoms with E-state index in [2.05, 4.69) is 30.3 Å². The zero-order chi connectivity index (χ0) is 22.7. The highest BCUT2D eigenvalue weighted by molar-refractivity contribution is 5.90. The first-order chi connectivity index (χ1) is 15.8.